The molecule has 0 aromatic carbocycles. The Morgan fingerprint density at radius 2 is 2.11 bits per heavy atom. The smallest absolute Gasteiger partial charge is 0.185 e. The predicted octanol–water partition coefficient (Wildman–Crippen LogP) is 3.45. The van der Waals surface area contributed by atoms with Gasteiger partial charge in [0.05, 0.1) is 6.10 Å². The van der Waals surface area contributed by atoms with E-state index in [4.69, 9.17) is 4.74 Å². The van der Waals surface area contributed by atoms with E-state index in [0.29, 0.717) is 11.8 Å². The van der Waals surface area contributed by atoms with E-state index in [-0.39, 0.29) is 17.3 Å². The molecule has 0 radical (unpaired) electrons. The number of hydrogen-bond acceptors (Lipinski definition) is 2. The zero-order valence-electron chi connectivity index (χ0n) is 12.0. The Morgan fingerprint density at radius 3 is 2.84 bits per heavy atom. The van der Waals surface area contributed by atoms with E-state index < -0.39 is 0 Å². The van der Waals surface area contributed by atoms with Gasteiger partial charge in [-0.15, -0.1) is 0 Å². The Labute approximate surface area is 115 Å². The van der Waals surface area contributed by atoms with Crippen molar-refractivity contribution in [3.05, 3.63) is 35.5 Å². The van der Waals surface area contributed by atoms with Gasteiger partial charge >= 0.3 is 0 Å². The molecule has 2 heteroatoms. The number of ketones is 1. The van der Waals surface area contributed by atoms with E-state index in [0.717, 1.165) is 12.0 Å². The summed E-state index contributed by atoms with van der Waals surface area (Å²) in [5.74, 6) is 1.09. The molecular formula is C17H22O2. The number of fused-ring (bicyclic) bond motifs is 2. The second-order valence-electron chi connectivity index (χ2n) is 6.16. The Kier molecular flexibility index (Phi) is 3.01. The maximum atomic E-state index is 12.1. The average Bonchev–Trinajstić information content (AvgIpc) is 2.69. The van der Waals surface area contributed by atoms with Crippen molar-refractivity contribution in [3.63, 3.8) is 0 Å². The van der Waals surface area contributed by atoms with Gasteiger partial charge in [-0.1, -0.05) is 38.5 Å². The van der Waals surface area contributed by atoms with Crippen LogP contribution in [0.3, 0.4) is 0 Å². The fourth-order valence-electron chi connectivity index (χ4n) is 4.62. The van der Waals surface area contributed by atoms with Crippen LogP contribution in [0.2, 0.25) is 0 Å². The first-order valence-electron chi connectivity index (χ1n) is 7.30. The molecule has 0 N–H and O–H groups in total. The van der Waals surface area contributed by atoms with Crippen LogP contribution in [-0.2, 0) is 9.53 Å². The third kappa shape index (κ3) is 1.56. The largest absolute Gasteiger partial charge is 0.380 e. The van der Waals surface area contributed by atoms with Crippen LogP contribution in [0.1, 0.15) is 33.1 Å². The number of methoxy groups -OCH3 is 1. The quantitative estimate of drug-likeness (QED) is 0.720. The first kappa shape index (κ1) is 12.9. The highest BCUT2D eigenvalue weighted by Gasteiger charge is 2.56. The van der Waals surface area contributed by atoms with Crippen LogP contribution in [0.25, 0.3) is 0 Å². The molecule has 0 aromatic rings. The van der Waals surface area contributed by atoms with Crippen LogP contribution in [0, 0.1) is 17.3 Å². The minimum absolute atomic E-state index is 0.00273. The zero-order valence-corrected chi connectivity index (χ0v) is 12.0. The number of ether oxygens (including phenoxy) is 1. The van der Waals surface area contributed by atoms with Crippen LogP contribution < -0.4 is 0 Å². The summed E-state index contributed by atoms with van der Waals surface area (Å²) in [6.07, 6.45) is 11.7. The first-order valence-corrected chi connectivity index (χ1v) is 7.30. The number of carbonyl (C=O) groups is 1. The topological polar surface area (TPSA) is 26.3 Å². The summed E-state index contributed by atoms with van der Waals surface area (Å²) in [6.45, 7) is 4.56. The maximum Gasteiger partial charge on any atom is 0.185 e. The van der Waals surface area contributed by atoms with Crippen molar-refractivity contribution in [1.29, 1.82) is 0 Å². The summed E-state index contributed by atoms with van der Waals surface area (Å²) in [5.41, 5.74) is 2.15. The molecule has 102 valence electrons. The van der Waals surface area contributed by atoms with Crippen molar-refractivity contribution in [2.45, 2.75) is 39.2 Å². The third-order valence-electron chi connectivity index (χ3n) is 5.44. The van der Waals surface area contributed by atoms with Gasteiger partial charge in [0.15, 0.2) is 5.78 Å². The fraction of sp³-hybridized carbons (Fsp3) is 0.588. The summed E-state index contributed by atoms with van der Waals surface area (Å²) in [4.78, 5) is 12.1. The standard InChI is InChI=1S/C17H22O2/c1-11-6-4-9-16(19-3)17(11)12(2)10-13-14(17)7-5-8-15(13)18/h5,7-8,10-12,16H,4,6,9H2,1-3H3. The van der Waals surface area contributed by atoms with Crippen molar-refractivity contribution in [3.8, 4) is 0 Å². The van der Waals surface area contributed by atoms with Gasteiger partial charge in [0.2, 0.25) is 0 Å². The highest BCUT2D eigenvalue weighted by molar-refractivity contribution is 6.09. The normalized spacial score (nSPS) is 41.2. The van der Waals surface area contributed by atoms with E-state index in [9.17, 15) is 4.79 Å². The molecule has 3 rings (SSSR count). The molecule has 2 nitrogen and oxygen atoms in total. The SMILES string of the molecule is COC1CCCC(C)C12C1=CC=CC(=O)C1=CC2C. The van der Waals surface area contributed by atoms with Crippen molar-refractivity contribution in [2.75, 3.05) is 7.11 Å². The van der Waals surface area contributed by atoms with Crippen molar-refractivity contribution >= 4 is 5.78 Å². The maximum absolute atomic E-state index is 12.1. The molecule has 0 heterocycles. The van der Waals surface area contributed by atoms with Crippen LogP contribution in [0.4, 0.5) is 0 Å². The molecule has 0 aromatic heterocycles. The predicted molar refractivity (Wildman–Crippen MR) is 75.7 cm³/mol. The average molecular weight is 258 g/mol. The Bertz CT molecular complexity index is 497. The Balaban J connectivity index is 2.14. The van der Waals surface area contributed by atoms with Gasteiger partial charge in [-0.3, -0.25) is 4.79 Å². The van der Waals surface area contributed by atoms with Crippen molar-refractivity contribution < 1.29 is 9.53 Å². The number of allylic oxidation sites excluding steroid dienone is 5. The first-order chi connectivity index (χ1) is 9.12. The third-order valence-corrected chi connectivity index (χ3v) is 5.44. The lowest BCUT2D eigenvalue weighted by Crippen LogP contribution is -2.48. The molecule has 0 bridgehead atoms. The van der Waals surface area contributed by atoms with Crippen molar-refractivity contribution in [1.82, 2.24) is 0 Å². The van der Waals surface area contributed by atoms with Gasteiger partial charge in [-0.25, -0.2) is 0 Å². The lowest BCUT2D eigenvalue weighted by Gasteiger charge is -2.50. The van der Waals surface area contributed by atoms with E-state index >= 15 is 0 Å². The molecule has 1 fully saturated rings. The molecule has 1 spiro atoms. The number of carbonyl (C=O) groups excluding carboxylic acids is 1. The lowest BCUT2D eigenvalue weighted by molar-refractivity contribution is -0.111. The van der Waals surface area contributed by atoms with Crippen LogP contribution in [0.5, 0.6) is 0 Å². The molecule has 4 atom stereocenters. The van der Waals surface area contributed by atoms with E-state index in [2.05, 4.69) is 26.0 Å². The van der Waals surface area contributed by atoms with E-state index in [1.807, 2.05) is 13.2 Å². The molecule has 1 saturated carbocycles. The van der Waals surface area contributed by atoms with Gasteiger partial charge in [0, 0.05) is 18.1 Å². The minimum atomic E-state index is 0.00273. The molecule has 0 saturated heterocycles. The fourth-order valence-corrected chi connectivity index (χ4v) is 4.62. The summed E-state index contributed by atoms with van der Waals surface area (Å²) in [5, 5.41) is 0. The molecule has 19 heavy (non-hydrogen) atoms. The molecule has 4 unspecified atom stereocenters. The summed E-state index contributed by atoms with van der Waals surface area (Å²) in [7, 11) is 1.82. The molecular weight excluding hydrogens is 236 g/mol. The highest BCUT2D eigenvalue weighted by atomic mass is 16.5. The highest BCUT2D eigenvalue weighted by Crippen LogP contribution is 2.59. The molecule has 3 aliphatic rings. The van der Waals surface area contributed by atoms with Gasteiger partial charge in [-0.05, 0) is 36.3 Å². The lowest BCUT2D eigenvalue weighted by atomic mass is 9.57. The van der Waals surface area contributed by atoms with Crippen LogP contribution >= 0.6 is 0 Å². The second kappa shape index (κ2) is 4.45. The zero-order chi connectivity index (χ0) is 13.6. The second-order valence-corrected chi connectivity index (χ2v) is 6.16. The Morgan fingerprint density at radius 1 is 1.32 bits per heavy atom. The van der Waals surface area contributed by atoms with E-state index in [1.54, 1.807) is 6.08 Å². The van der Waals surface area contributed by atoms with E-state index in [1.165, 1.54) is 18.4 Å². The van der Waals surface area contributed by atoms with Gasteiger partial charge in [0.1, 0.15) is 0 Å². The van der Waals surface area contributed by atoms with Gasteiger partial charge < -0.3 is 4.74 Å². The van der Waals surface area contributed by atoms with Gasteiger partial charge in [-0.2, -0.15) is 0 Å². The van der Waals surface area contributed by atoms with Crippen molar-refractivity contribution in [2.24, 2.45) is 17.3 Å². The van der Waals surface area contributed by atoms with Gasteiger partial charge in [0.25, 0.3) is 0 Å². The number of hydrogen-bond donors (Lipinski definition) is 0. The minimum Gasteiger partial charge on any atom is -0.380 e. The van der Waals surface area contributed by atoms with Crippen LogP contribution in [0.15, 0.2) is 35.5 Å². The summed E-state index contributed by atoms with van der Waals surface area (Å²) < 4.78 is 5.84. The summed E-state index contributed by atoms with van der Waals surface area (Å²) >= 11 is 0. The number of rotatable bonds is 1. The van der Waals surface area contributed by atoms with Crippen LogP contribution in [-0.4, -0.2) is 19.0 Å². The molecule has 0 amide bonds. The monoisotopic (exact) mass is 258 g/mol. The summed E-state index contributed by atoms with van der Waals surface area (Å²) in [6, 6.07) is 0. The molecule has 0 aliphatic heterocycles. The Hall–Kier alpha value is -1.15. The molecule has 3 aliphatic carbocycles.